The van der Waals surface area contributed by atoms with Gasteiger partial charge in [0.25, 0.3) is 0 Å². The maximum atomic E-state index is 13.2. The van der Waals surface area contributed by atoms with Crippen molar-refractivity contribution in [3.63, 3.8) is 0 Å². The Kier molecular flexibility index (Phi) is 9.45. The Balaban J connectivity index is 0.00000198. The van der Waals surface area contributed by atoms with Gasteiger partial charge in [-0.1, -0.05) is 61.6 Å². The maximum absolute atomic E-state index is 13.2. The van der Waals surface area contributed by atoms with Gasteiger partial charge in [0.2, 0.25) is 0 Å². The Labute approximate surface area is 244 Å². The summed E-state index contributed by atoms with van der Waals surface area (Å²) >= 11 is 1.30. The van der Waals surface area contributed by atoms with Gasteiger partial charge in [0.05, 0.1) is 11.1 Å². The number of ether oxygens (including phenoxy) is 2. The highest BCUT2D eigenvalue weighted by Gasteiger charge is 2.40. The molecular weight excluding hydrogens is 573 g/mol. The van der Waals surface area contributed by atoms with Crippen LogP contribution in [0.5, 0.6) is 11.5 Å². The number of piperidine rings is 1. The number of nitrogens with zero attached hydrogens (tertiary/aromatic N) is 5. The van der Waals surface area contributed by atoms with Crippen LogP contribution in [0.1, 0.15) is 42.7 Å². The molecule has 10 nitrogen and oxygen atoms in total. The van der Waals surface area contributed by atoms with Crippen LogP contribution in [-0.2, 0) is 4.79 Å². The summed E-state index contributed by atoms with van der Waals surface area (Å²) < 4.78 is 50.3. The van der Waals surface area contributed by atoms with E-state index in [-0.39, 0.29) is 11.6 Å². The molecule has 1 fully saturated rings. The first-order chi connectivity index (χ1) is 20.1. The van der Waals surface area contributed by atoms with Gasteiger partial charge in [-0.25, -0.2) is 4.98 Å². The average Bonchev–Trinajstić information content (AvgIpc) is 3.46. The highest BCUT2D eigenvalue weighted by atomic mass is 32.1. The number of nitrogens with two attached hydrogens (primary N) is 1. The van der Waals surface area contributed by atoms with Crippen molar-refractivity contribution in [3.05, 3.63) is 76.8 Å². The van der Waals surface area contributed by atoms with Crippen molar-refractivity contribution in [1.82, 2.24) is 4.98 Å². The van der Waals surface area contributed by atoms with Gasteiger partial charge in [-0.15, -0.1) is 18.3 Å². The SMILES string of the molecule is CC.N/C(=N\N=NCC(=O)O)c1cnc(N2CCC3(C=C(c4ccccc4OC(F)(F)F)c4ccccc4O3)CC2)s1. The quantitative estimate of drug-likeness (QED) is 0.145. The molecule has 0 amide bonds. The second-order valence-corrected chi connectivity index (χ2v) is 10.0. The highest BCUT2D eigenvalue weighted by Crippen LogP contribution is 2.46. The van der Waals surface area contributed by atoms with Crippen LogP contribution in [0.3, 0.4) is 0 Å². The number of carboxylic acid groups (broad SMARTS) is 1. The largest absolute Gasteiger partial charge is 0.573 e. The molecule has 0 aliphatic carbocycles. The molecule has 0 unspecified atom stereocenters. The summed E-state index contributed by atoms with van der Waals surface area (Å²) in [5.41, 5.74) is 6.82. The van der Waals surface area contributed by atoms with E-state index in [2.05, 4.69) is 30.1 Å². The molecule has 2 aromatic carbocycles. The van der Waals surface area contributed by atoms with Crippen LogP contribution < -0.4 is 20.1 Å². The number of carbonyl (C=O) groups is 1. The summed E-state index contributed by atoms with van der Waals surface area (Å²) in [6.45, 7) is 4.62. The molecule has 1 spiro atoms. The van der Waals surface area contributed by atoms with E-state index in [4.69, 9.17) is 15.6 Å². The Morgan fingerprint density at radius 3 is 2.50 bits per heavy atom. The van der Waals surface area contributed by atoms with Crippen LogP contribution in [0.15, 0.2) is 76.2 Å². The molecule has 3 N–H and O–H groups in total. The van der Waals surface area contributed by atoms with E-state index in [0.29, 0.717) is 58.4 Å². The summed E-state index contributed by atoms with van der Waals surface area (Å²) in [7, 11) is 0. The Morgan fingerprint density at radius 2 is 1.81 bits per heavy atom. The number of para-hydroxylation sites is 2. The number of anilines is 1. The molecule has 222 valence electrons. The molecule has 0 atom stereocenters. The minimum atomic E-state index is -4.83. The highest BCUT2D eigenvalue weighted by molar-refractivity contribution is 7.17. The number of thiazole rings is 1. The van der Waals surface area contributed by atoms with E-state index in [9.17, 15) is 18.0 Å². The molecule has 3 heterocycles. The number of amidine groups is 1. The average molecular weight is 603 g/mol. The van der Waals surface area contributed by atoms with Gasteiger partial charge in [0, 0.05) is 37.1 Å². The number of hydrogen-bond acceptors (Lipinski definition) is 8. The predicted octanol–water partition coefficient (Wildman–Crippen LogP) is 6.09. The Morgan fingerprint density at radius 1 is 1.14 bits per heavy atom. The molecule has 42 heavy (non-hydrogen) atoms. The maximum Gasteiger partial charge on any atom is 0.573 e. The first-order valence-corrected chi connectivity index (χ1v) is 13.9. The molecule has 1 saturated heterocycles. The standard InChI is InChI=1S/C26H23F3N6O4S.C2H6/c27-26(28,29)39-20-8-4-2-6-17(20)18-13-25(38-19-7-3-1-5-16(18)19)9-11-35(12-10-25)24-31-14-21(40-24)23(30)33-34-32-15-22(36)37;1-2/h1-8,13-14H,9-12,15H2,(H,36,37)(H2,30,32,33);1-2H3. The van der Waals surface area contributed by atoms with Crippen molar-refractivity contribution in [2.75, 3.05) is 24.5 Å². The number of aromatic nitrogens is 1. The Hall–Kier alpha value is -4.46. The zero-order valence-corrected chi connectivity index (χ0v) is 23.7. The van der Waals surface area contributed by atoms with E-state index in [0.717, 1.165) is 0 Å². The van der Waals surface area contributed by atoms with E-state index in [1.165, 1.54) is 23.5 Å². The van der Waals surface area contributed by atoms with Crippen molar-refractivity contribution < 1.29 is 32.5 Å². The third-order valence-electron chi connectivity index (χ3n) is 6.35. The van der Waals surface area contributed by atoms with Gasteiger partial charge < -0.3 is 25.2 Å². The van der Waals surface area contributed by atoms with Gasteiger partial charge in [0.15, 0.2) is 17.5 Å². The van der Waals surface area contributed by atoms with Gasteiger partial charge in [0.1, 0.15) is 17.1 Å². The van der Waals surface area contributed by atoms with Crippen LogP contribution in [0.4, 0.5) is 18.3 Å². The molecule has 0 bridgehead atoms. The zero-order chi connectivity index (χ0) is 30.3. The van der Waals surface area contributed by atoms with E-state index in [1.54, 1.807) is 18.3 Å². The lowest BCUT2D eigenvalue weighted by molar-refractivity contribution is -0.274. The zero-order valence-electron chi connectivity index (χ0n) is 22.8. The second kappa shape index (κ2) is 13.0. The van der Waals surface area contributed by atoms with Crippen LogP contribution in [0.25, 0.3) is 5.57 Å². The van der Waals surface area contributed by atoms with E-state index >= 15 is 0 Å². The smallest absolute Gasteiger partial charge is 0.482 e. The van der Waals surface area contributed by atoms with Crippen molar-refractivity contribution in [2.24, 2.45) is 21.2 Å². The molecule has 3 aromatic rings. The number of hydrogen-bond donors (Lipinski definition) is 2. The molecule has 14 heteroatoms. The fourth-order valence-electron chi connectivity index (χ4n) is 4.57. The lowest BCUT2D eigenvalue weighted by Gasteiger charge is -2.43. The predicted molar refractivity (Wildman–Crippen MR) is 153 cm³/mol. The van der Waals surface area contributed by atoms with Crippen molar-refractivity contribution in [1.29, 1.82) is 0 Å². The summed E-state index contributed by atoms with van der Waals surface area (Å²) in [4.78, 5) is 17.6. The molecule has 2 aliphatic heterocycles. The second-order valence-electron chi connectivity index (χ2n) is 9.03. The number of fused-ring (bicyclic) bond motifs is 1. The van der Waals surface area contributed by atoms with Crippen molar-refractivity contribution >= 4 is 33.8 Å². The first-order valence-electron chi connectivity index (χ1n) is 13.1. The topological polar surface area (TPSA) is 135 Å². The molecule has 2 aliphatic rings. The lowest BCUT2D eigenvalue weighted by Crippen LogP contribution is -2.48. The monoisotopic (exact) mass is 602 g/mol. The summed E-state index contributed by atoms with van der Waals surface area (Å²) in [6, 6.07) is 13.4. The van der Waals surface area contributed by atoms with Crippen LogP contribution in [-0.4, -0.2) is 53.5 Å². The summed E-state index contributed by atoms with van der Waals surface area (Å²) in [5, 5.41) is 19.8. The number of halogens is 3. The van der Waals surface area contributed by atoms with Gasteiger partial charge in [-0.2, -0.15) is 5.11 Å². The Bertz CT molecular complexity index is 1500. The number of rotatable bonds is 7. The lowest BCUT2D eigenvalue weighted by atomic mass is 9.83. The third-order valence-corrected chi connectivity index (χ3v) is 7.43. The van der Waals surface area contributed by atoms with Crippen molar-refractivity contribution in [2.45, 2.75) is 38.7 Å². The minimum Gasteiger partial charge on any atom is -0.482 e. The number of alkyl halides is 3. The van der Waals surface area contributed by atoms with Crippen LogP contribution in [0.2, 0.25) is 0 Å². The third kappa shape index (κ3) is 7.24. The van der Waals surface area contributed by atoms with Gasteiger partial charge >= 0.3 is 12.3 Å². The summed E-state index contributed by atoms with van der Waals surface area (Å²) in [6.07, 6.45) is -0.263. The normalized spacial score (nSPS) is 16.3. The fourth-order valence-corrected chi connectivity index (χ4v) is 5.43. The molecule has 0 saturated carbocycles. The number of aliphatic carboxylic acids is 1. The van der Waals surface area contributed by atoms with E-state index < -0.39 is 24.5 Å². The molecule has 5 rings (SSSR count). The van der Waals surface area contributed by atoms with Gasteiger partial charge in [-0.05, 0) is 29.0 Å². The molecular formula is C28H29F3N6O4S. The van der Waals surface area contributed by atoms with Crippen LogP contribution in [0, 0.1) is 0 Å². The number of benzene rings is 2. The van der Waals surface area contributed by atoms with Crippen LogP contribution >= 0.6 is 11.3 Å². The number of carboxylic acids is 1. The minimum absolute atomic E-state index is 0.0610. The van der Waals surface area contributed by atoms with Crippen molar-refractivity contribution in [3.8, 4) is 11.5 Å². The fraction of sp³-hybridized carbons (Fsp3) is 0.321. The molecule has 1 aromatic heterocycles. The van der Waals surface area contributed by atoms with E-state index in [1.807, 2.05) is 44.2 Å². The molecule has 0 radical (unpaired) electrons. The van der Waals surface area contributed by atoms with Gasteiger partial charge in [-0.3, -0.25) is 4.79 Å². The summed E-state index contributed by atoms with van der Waals surface area (Å²) in [5.74, 6) is -0.756. The first kappa shape index (κ1) is 30.5.